The lowest BCUT2D eigenvalue weighted by Gasteiger charge is -2.19. The van der Waals surface area contributed by atoms with Crippen LogP contribution in [0.5, 0.6) is 5.75 Å². The Morgan fingerprint density at radius 1 is 1.42 bits per heavy atom. The van der Waals surface area contributed by atoms with Gasteiger partial charge >= 0.3 is 0 Å². The monoisotopic (exact) mass is 263 g/mol. The first kappa shape index (κ1) is 14.4. The molecule has 0 bridgehead atoms. The molecule has 3 heteroatoms. The van der Waals surface area contributed by atoms with Crippen LogP contribution < -0.4 is 10.5 Å². The zero-order valence-electron chi connectivity index (χ0n) is 12.2. The van der Waals surface area contributed by atoms with E-state index in [1.165, 1.54) is 24.0 Å². The lowest BCUT2D eigenvalue weighted by Crippen LogP contribution is -2.27. The summed E-state index contributed by atoms with van der Waals surface area (Å²) in [7, 11) is 1.68. The SMILES string of the molecule is CCCC(C)COC1Cc2ccc(OC)cc2C1N. The molecule has 0 spiro atoms. The second-order valence-electron chi connectivity index (χ2n) is 5.56. The van der Waals surface area contributed by atoms with Gasteiger partial charge in [-0.15, -0.1) is 0 Å². The third kappa shape index (κ3) is 3.28. The molecular weight excluding hydrogens is 238 g/mol. The largest absolute Gasteiger partial charge is 0.497 e. The first-order valence-electron chi connectivity index (χ1n) is 7.19. The maximum absolute atomic E-state index is 6.29. The zero-order valence-corrected chi connectivity index (χ0v) is 12.2. The Morgan fingerprint density at radius 2 is 2.21 bits per heavy atom. The van der Waals surface area contributed by atoms with Crippen LogP contribution in [0.2, 0.25) is 0 Å². The van der Waals surface area contributed by atoms with Crippen molar-refractivity contribution >= 4 is 0 Å². The summed E-state index contributed by atoms with van der Waals surface area (Å²) in [4.78, 5) is 0. The standard InChI is InChI=1S/C16H25NO2/c1-4-5-11(2)10-19-15-8-12-6-7-13(18-3)9-14(12)16(15)17/h6-7,9,11,15-16H,4-5,8,10,17H2,1-3H3. The molecule has 1 aromatic rings. The van der Waals surface area contributed by atoms with Gasteiger partial charge < -0.3 is 15.2 Å². The van der Waals surface area contributed by atoms with Crippen molar-refractivity contribution in [2.75, 3.05) is 13.7 Å². The number of hydrogen-bond donors (Lipinski definition) is 1. The zero-order chi connectivity index (χ0) is 13.8. The summed E-state index contributed by atoms with van der Waals surface area (Å²) in [6.07, 6.45) is 3.45. The maximum Gasteiger partial charge on any atom is 0.119 e. The van der Waals surface area contributed by atoms with Gasteiger partial charge in [-0.3, -0.25) is 0 Å². The number of ether oxygens (including phenoxy) is 2. The minimum atomic E-state index is -0.0288. The Labute approximate surface area is 116 Å². The fourth-order valence-corrected chi connectivity index (χ4v) is 2.77. The van der Waals surface area contributed by atoms with Crippen LogP contribution in [0.4, 0.5) is 0 Å². The van der Waals surface area contributed by atoms with Gasteiger partial charge in [0.1, 0.15) is 5.75 Å². The van der Waals surface area contributed by atoms with Gasteiger partial charge in [-0.1, -0.05) is 26.3 Å². The third-order valence-corrected chi connectivity index (χ3v) is 3.91. The smallest absolute Gasteiger partial charge is 0.119 e. The van der Waals surface area contributed by atoms with Crippen molar-refractivity contribution in [1.82, 2.24) is 0 Å². The molecule has 0 radical (unpaired) electrons. The van der Waals surface area contributed by atoms with E-state index in [0.29, 0.717) is 5.92 Å². The molecular formula is C16H25NO2. The molecule has 1 aliphatic rings. The summed E-state index contributed by atoms with van der Waals surface area (Å²) in [5.74, 6) is 1.48. The fraction of sp³-hybridized carbons (Fsp3) is 0.625. The normalized spacial score (nSPS) is 23.2. The average molecular weight is 263 g/mol. The molecule has 0 saturated carbocycles. The number of nitrogens with two attached hydrogens (primary N) is 1. The minimum absolute atomic E-state index is 0.0288. The van der Waals surface area contributed by atoms with Gasteiger partial charge in [-0.2, -0.15) is 0 Å². The van der Waals surface area contributed by atoms with Gasteiger partial charge in [0.25, 0.3) is 0 Å². The molecule has 2 N–H and O–H groups in total. The van der Waals surface area contributed by atoms with Crippen molar-refractivity contribution < 1.29 is 9.47 Å². The van der Waals surface area contributed by atoms with Crippen LogP contribution in [0, 0.1) is 5.92 Å². The molecule has 2 rings (SSSR count). The molecule has 1 aromatic carbocycles. The van der Waals surface area contributed by atoms with Gasteiger partial charge in [-0.25, -0.2) is 0 Å². The molecule has 3 atom stereocenters. The predicted molar refractivity (Wildman–Crippen MR) is 77.4 cm³/mol. The van der Waals surface area contributed by atoms with Gasteiger partial charge in [0.2, 0.25) is 0 Å². The molecule has 106 valence electrons. The van der Waals surface area contributed by atoms with E-state index in [9.17, 15) is 0 Å². The topological polar surface area (TPSA) is 44.5 Å². The molecule has 0 saturated heterocycles. The number of rotatable bonds is 6. The molecule has 0 fully saturated rings. The minimum Gasteiger partial charge on any atom is -0.497 e. The summed E-state index contributed by atoms with van der Waals surface area (Å²) in [5, 5.41) is 0. The van der Waals surface area contributed by atoms with Gasteiger partial charge in [0.05, 0.1) is 19.3 Å². The molecule has 3 unspecified atom stereocenters. The van der Waals surface area contributed by atoms with E-state index in [1.807, 2.05) is 12.1 Å². The summed E-state index contributed by atoms with van der Waals surface area (Å²) < 4.78 is 11.3. The Hall–Kier alpha value is -1.06. The van der Waals surface area contributed by atoms with Crippen LogP contribution in [-0.4, -0.2) is 19.8 Å². The van der Waals surface area contributed by atoms with E-state index >= 15 is 0 Å². The maximum atomic E-state index is 6.29. The Bertz CT molecular complexity index is 419. The highest BCUT2D eigenvalue weighted by Crippen LogP contribution is 2.34. The molecule has 3 nitrogen and oxygen atoms in total. The average Bonchev–Trinajstić information content (AvgIpc) is 2.73. The van der Waals surface area contributed by atoms with Crippen LogP contribution >= 0.6 is 0 Å². The fourth-order valence-electron chi connectivity index (χ4n) is 2.77. The summed E-state index contributed by atoms with van der Waals surface area (Å²) in [6, 6.07) is 6.11. The lowest BCUT2D eigenvalue weighted by atomic mass is 10.1. The van der Waals surface area contributed by atoms with E-state index in [4.69, 9.17) is 15.2 Å². The van der Waals surface area contributed by atoms with Gasteiger partial charge in [0.15, 0.2) is 0 Å². The van der Waals surface area contributed by atoms with Crippen molar-refractivity contribution in [2.45, 2.75) is 45.3 Å². The molecule has 0 aromatic heterocycles. The molecule has 0 aliphatic heterocycles. The van der Waals surface area contributed by atoms with E-state index in [2.05, 4.69) is 19.9 Å². The van der Waals surface area contributed by atoms with Crippen LogP contribution in [-0.2, 0) is 11.2 Å². The Morgan fingerprint density at radius 3 is 2.89 bits per heavy atom. The highest BCUT2D eigenvalue weighted by Gasteiger charge is 2.30. The van der Waals surface area contributed by atoms with Gasteiger partial charge in [0, 0.05) is 13.0 Å². The highest BCUT2D eigenvalue weighted by atomic mass is 16.5. The lowest BCUT2D eigenvalue weighted by molar-refractivity contribution is 0.0224. The molecule has 19 heavy (non-hydrogen) atoms. The quantitative estimate of drug-likeness (QED) is 0.858. The predicted octanol–water partition coefficient (Wildman–Crippen LogP) is 3.07. The van der Waals surface area contributed by atoms with E-state index in [0.717, 1.165) is 18.8 Å². The van der Waals surface area contributed by atoms with Crippen molar-refractivity contribution in [2.24, 2.45) is 11.7 Å². The van der Waals surface area contributed by atoms with E-state index in [-0.39, 0.29) is 12.1 Å². The van der Waals surface area contributed by atoms with E-state index in [1.54, 1.807) is 7.11 Å². The summed E-state index contributed by atoms with van der Waals surface area (Å²) in [6.45, 7) is 5.25. The molecule has 0 heterocycles. The molecule has 1 aliphatic carbocycles. The number of fused-ring (bicyclic) bond motifs is 1. The number of benzene rings is 1. The number of methoxy groups -OCH3 is 1. The van der Waals surface area contributed by atoms with Crippen molar-refractivity contribution in [3.63, 3.8) is 0 Å². The first-order valence-corrected chi connectivity index (χ1v) is 7.19. The Kier molecular flexibility index (Phi) is 4.83. The van der Waals surface area contributed by atoms with Crippen molar-refractivity contribution in [1.29, 1.82) is 0 Å². The van der Waals surface area contributed by atoms with Crippen LogP contribution in [0.3, 0.4) is 0 Å². The van der Waals surface area contributed by atoms with E-state index < -0.39 is 0 Å². The van der Waals surface area contributed by atoms with Crippen LogP contribution in [0.15, 0.2) is 18.2 Å². The van der Waals surface area contributed by atoms with Crippen molar-refractivity contribution in [3.05, 3.63) is 29.3 Å². The molecule has 0 amide bonds. The Balaban J connectivity index is 1.96. The highest BCUT2D eigenvalue weighted by molar-refractivity contribution is 5.42. The second kappa shape index (κ2) is 6.40. The van der Waals surface area contributed by atoms with Crippen molar-refractivity contribution in [3.8, 4) is 5.75 Å². The van der Waals surface area contributed by atoms with Crippen LogP contribution in [0.25, 0.3) is 0 Å². The summed E-state index contributed by atoms with van der Waals surface area (Å²) in [5.41, 5.74) is 8.76. The number of hydrogen-bond acceptors (Lipinski definition) is 3. The third-order valence-electron chi connectivity index (χ3n) is 3.91. The van der Waals surface area contributed by atoms with Crippen LogP contribution in [0.1, 0.15) is 43.9 Å². The summed E-state index contributed by atoms with van der Waals surface area (Å²) >= 11 is 0. The second-order valence-corrected chi connectivity index (χ2v) is 5.56. The first-order chi connectivity index (χ1) is 9.15. The van der Waals surface area contributed by atoms with Gasteiger partial charge in [-0.05, 0) is 35.6 Å².